The van der Waals surface area contributed by atoms with Crippen LogP contribution in [-0.4, -0.2) is 58.6 Å². The number of nitrogens with zero attached hydrogens (tertiary/aromatic N) is 4. The topological polar surface area (TPSA) is 72.3 Å². The first-order valence-electron chi connectivity index (χ1n) is 9.70. The van der Waals surface area contributed by atoms with Crippen LogP contribution in [0.3, 0.4) is 0 Å². The molecule has 0 radical (unpaired) electrons. The van der Waals surface area contributed by atoms with Gasteiger partial charge in [-0.1, -0.05) is 35.5 Å². The molecule has 1 unspecified atom stereocenters. The normalized spacial score (nSPS) is 24.1. The first-order valence-corrected chi connectivity index (χ1v) is 9.70. The fraction of sp³-hybridized carbons (Fsp3) is 0.550. The second-order valence-corrected chi connectivity index (χ2v) is 7.62. The van der Waals surface area contributed by atoms with Crippen molar-refractivity contribution in [1.82, 2.24) is 25.2 Å². The summed E-state index contributed by atoms with van der Waals surface area (Å²) >= 11 is 0. The van der Waals surface area contributed by atoms with Gasteiger partial charge in [-0.15, -0.1) is 5.10 Å². The monoisotopic (exact) mass is 369 g/mol. The molecule has 2 aromatic rings. The predicted octanol–water partition coefficient (Wildman–Crippen LogP) is 1.90. The molecule has 1 aromatic carbocycles. The van der Waals surface area contributed by atoms with Crippen molar-refractivity contribution in [3.05, 3.63) is 47.3 Å². The molecule has 1 N–H and O–H groups in total. The van der Waals surface area contributed by atoms with Crippen LogP contribution >= 0.6 is 0 Å². The lowest BCUT2D eigenvalue weighted by atomic mass is 9.93. The van der Waals surface area contributed by atoms with E-state index in [2.05, 4.69) is 15.6 Å². The van der Waals surface area contributed by atoms with E-state index in [-0.39, 0.29) is 5.91 Å². The standard InChI is InChI=1S/C20H27N5O2/c1-15-18(22-23-25(15)17-8-10-21-11-9-17)19(26)24-12-13-27-20(2,14-24)16-6-4-3-5-7-16/h3-7,17,21H,8-14H2,1-2H3. The van der Waals surface area contributed by atoms with Gasteiger partial charge in [-0.2, -0.15) is 0 Å². The molecule has 2 aliphatic heterocycles. The SMILES string of the molecule is Cc1c(C(=O)N2CCOC(C)(c3ccccc3)C2)nnn1C1CCNCC1. The Kier molecular flexibility index (Phi) is 4.97. The van der Waals surface area contributed by atoms with Gasteiger partial charge in [-0.05, 0) is 45.3 Å². The summed E-state index contributed by atoms with van der Waals surface area (Å²) in [6, 6.07) is 10.4. The van der Waals surface area contributed by atoms with Crippen LogP contribution in [0.2, 0.25) is 0 Å². The average molecular weight is 369 g/mol. The molecule has 2 saturated heterocycles. The smallest absolute Gasteiger partial charge is 0.276 e. The first kappa shape index (κ1) is 18.1. The summed E-state index contributed by atoms with van der Waals surface area (Å²) in [4.78, 5) is 15.0. The zero-order chi connectivity index (χ0) is 18.9. The Morgan fingerprint density at radius 3 is 2.74 bits per heavy atom. The number of morpholine rings is 1. The third-order valence-electron chi connectivity index (χ3n) is 5.73. The van der Waals surface area contributed by atoms with Crippen molar-refractivity contribution in [2.24, 2.45) is 0 Å². The summed E-state index contributed by atoms with van der Waals surface area (Å²) in [5.41, 5.74) is 1.90. The van der Waals surface area contributed by atoms with Gasteiger partial charge < -0.3 is 15.0 Å². The van der Waals surface area contributed by atoms with Crippen LogP contribution in [0.4, 0.5) is 0 Å². The molecule has 0 aliphatic carbocycles. The zero-order valence-electron chi connectivity index (χ0n) is 16.0. The van der Waals surface area contributed by atoms with E-state index in [0.717, 1.165) is 37.2 Å². The first-order chi connectivity index (χ1) is 13.1. The molecule has 7 heteroatoms. The highest BCUT2D eigenvalue weighted by Crippen LogP contribution is 2.30. The lowest BCUT2D eigenvalue weighted by molar-refractivity contribution is -0.0931. The van der Waals surface area contributed by atoms with Gasteiger partial charge in [0.25, 0.3) is 5.91 Å². The van der Waals surface area contributed by atoms with Crippen molar-refractivity contribution >= 4 is 5.91 Å². The van der Waals surface area contributed by atoms with E-state index in [0.29, 0.717) is 31.4 Å². The number of hydrogen-bond acceptors (Lipinski definition) is 5. The predicted molar refractivity (Wildman–Crippen MR) is 102 cm³/mol. The second-order valence-electron chi connectivity index (χ2n) is 7.62. The molecule has 2 aliphatic rings. The van der Waals surface area contributed by atoms with Crippen molar-refractivity contribution in [3.8, 4) is 0 Å². The van der Waals surface area contributed by atoms with E-state index in [1.165, 1.54) is 0 Å². The fourth-order valence-electron chi connectivity index (χ4n) is 4.09. The van der Waals surface area contributed by atoms with Gasteiger partial charge in [-0.3, -0.25) is 4.79 Å². The van der Waals surface area contributed by atoms with Crippen molar-refractivity contribution in [1.29, 1.82) is 0 Å². The van der Waals surface area contributed by atoms with Crippen LogP contribution in [0.5, 0.6) is 0 Å². The van der Waals surface area contributed by atoms with Crippen LogP contribution < -0.4 is 5.32 Å². The maximum Gasteiger partial charge on any atom is 0.276 e. The third-order valence-corrected chi connectivity index (χ3v) is 5.73. The molecular weight excluding hydrogens is 342 g/mol. The Morgan fingerprint density at radius 1 is 1.26 bits per heavy atom. The molecule has 27 heavy (non-hydrogen) atoms. The minimum atomic E-state index is -0.506. The second kappa shape index (κ2) is 7.40. The fourth-order valence-corrected chi connectivity index (χ4v) is 4.09. The van der Waals surface area contributed by atoms with Gasteiger partial charge in [0.1, 0.15) is 5.60 Å². The highest BCUT2D eigenvalue weighted by Gasteiger charge is 2.37. The summed E-state index contributed by atoms with van der Waals surface area (Å²) < 4.78 is 7.99. The number of piperidine rings is 1. The number of ether oxygens (including phenoxy) is 1. The molecule has 0 bridgehead atoms. The third kappa shape index (κ3) is 3.49. The molecule has 0 spiro atoms. The highest BCUT2D eigenvalue weighted by molar-refractivity contribution is 5.93. The molecule has 144 valence electrons. The molecule has 1 aromatic heterocycles. The number of amides is 1. The molecule has 1 amide bonds. The molecule has 1 atom stereocenters. The number of carbonyl (C=O) groups excluding carboxylic acids is 1. The molecule has 7 nitrogen and oxygen atoms in total. The van der Waals surface area contributed by atoms with Crippen molar-refractivity contribution in [2.75, 3.05) is 32.8 Å². The highest BCUT2D eigenvalue weighted by atomic mass is 16.5. The number of nitrogens with one attached hydrogen (secondary N) is 1. The Morgan fingerprint density at radius 2 is 2.00 bits per heavy atom. The number of benzene rings is 1. The van der Waals surface area contributed by atoms with Crippen LogP contribution in [0.15, 0.2) is 30.3 Å². The Balaban J connectivity index is 1.53. The summed E-state index contributed by atoms with van der Waals surface area (Å²) in [6.45, 7) is 7.54. The van der Waals surface area contributed by atoms with E-state index in [4.69, 9.17) is 4.74 Å². The van der Waals surface area contributed by atoms with Crippen LogP contribution in [-0.2, 0) is 10.3 Å². The Bertz CT molecular complexity index is 800. The van der Waals surface area contributed by atoms with E-state index in [1.54, 1.807) is 0 Å². The van der Waals surface area contributed by atoms with Gasteiger partial charge in [0, 0.05) is 6.54 Å². The molecule has 3 heterocycles. The molecule has 4 rings (SSSR count). The van der Waals surface area contributed by atoms with Crippen molar-refractivity contribution < 1.29 is 9.53 Å². The number of carbonyl (C=O) groups is 1. The van der Waals surface area contributed by atoms with Gasteiger partial charge >= 0.3 is 0 Å². The lowest BCUT2D eigenvalue weighted by Crippen LogP contribution is -2.50. The van der Waals surface area contributed by atoms with Crippen LogP contribution in [0.25, 0.3) is 0 Å². The summed E-state index contributed by atoms with van der Waals surface area (Å²) in [6.07, 6.45) is 2.03. The number of aromatic nitrogens is 3. The van der Waals surface area contributed by atoms with Gasteiger partial charge in [0.2, 0.25) is 0 Å². The summed E-state index contributed by atoms with van der Waals surface area (Å²) in [5, 5.41) is 11.9. The minimum Gasteiger partial charge on any atom is -0.367 e. The lowest BCUT2D eigenvalue weighted by Gasteiger charge is -2.40. The Labute approximate surface area is 159 Å². The van der Waals surface area contributed by atoms with E-state index in [1.807, 2.05) is 53.8 Å². The Hall–Kier alpha value is -2.25. The van der Waals surface area contributed by atoms with Crippen LogP contribution in [0.1, 0.15) is 47.6 Å². The van der Waals surface area contributed by atoms with E-state index in [9.17, 15) is 4.79 Å². The molecule has 2 fully saturated rings. The van der Waals surface area contributed by atoms with Crippen molar-refractivity contribution in [2.45, 2.75) is 38.3 Å². The molecular formula is C20H27N5O2. The van der Waals surface area contributed by atoms with Gasteiger partial charge in [-0.25, -0.2) is 4.68 Å². The van der Waals surface area contributed by atoms with E-state index >= 15 is 0 Å². The average Bonchev–Trinajstić information content (AvgIpc) is 3.10. The van der Waals surface area contributed by atoms with Crippen LogP contribution in [0, 0.1) is 6.92 Å². The van der Waals surface area contributed by atoms with E-state index < -0.39 is 5.60 Å². The zero-order valence-corrected chi connectivity index (χ0v) is 16.0. The summed E-state index contributed by atoms with van der Waals surface area (Å²) in [7, 11) is 0. The number of rotatable bonds is 3. The summed E-state index contributed by atoms with van der Waals surface area (Å²) in [5.74, 6) is -0.0573. The molecule has 0 saturated carbocycles. The maximum absolute atomic E-state index is 13.2. The van der Waals surface area contributed by atoms with Gasteiger partial charge in [0.05, 0.1) is 24.9 Å². The minimum absolute atomic E-state index is 0.0573. The van der Waals surface area contributed by atoms with Gasteiger partial charge in [0.15, 0.2) is 5.69 Å². The quantitative estimate of drug-likeness (QED) is 0.895. The largest absolute Gasteiger partial charge is 0.367 e. The van der Waals surface area contributed by atoms with Crippen molar-refractivity contribution in [3.63, 3.8) is 0 Å². The number of hydrogen-bond donors (Lipinski definition) is 1. The maximum atomic E-state index is 13.2.